The molecule has 0 amide bonds. The predicted octanol–water partition coefficient (Wildman–Crippen LogP) is 2.00. The third kappa shape index (κ3) is 2.44. The maximum Gasteiger partial charge on any atom is 0.324 e. The largest absolute Gasteiger partial charge is 0.324 e. The number of aryl methyl sites for hydroxylation is 1. The second kappa shape index (κ2) is 4.84. The van der Waals surface area contributed by atoms with Crippen molar-refractivity contribution in [2.24, 2.45) is 0 Å². The first-order valence-electron chi connectivity index (χ1n) is 4.91. The predicted molar refractivity (Wildman–Crippen MR) is 51.8 cm³/mol. The molecule has 1 aromatic heterocycles. The molecule has 13 heavy (non-hydrogen) atoms. The fraction of sp³-hybridized carbons (Fsp3) is 0.778. The van der Waals surface area contributed by atoms with Crippen LogP contribution in [0.15, 0.2) is 4.52 Å². The number of aromatic nitrogens is 2. The Labute approximate surface area is 78.9 Å². The minimum absolute atomic E-state index is 0.681. The summed E-state index contributed by atoms with van der Waals surface area (Å²) in [5, 5.41) is 3.73. The van der Waals surface area contributed by atoms with Crippen LogP contribution in [-0.2, 0) is 0 Å². The zero-order valence-corrected chi connectivity index (χ0v) is 8.58. The molecule has 1 fully saturated rings. The normalized spacial score (nSPS) is 15.5. The summed E-state index contributed by atoms with van der Waals surface area (Å²) >= 11 is 0. The fourth-order valence-corrected chi connectivity index (χ4v) is 1.32. The van der Waals surface area contributed by atoms with Gasteiger partial charge in [-0.3, -0.25) is 0 Å². The summed E-state index contributed by atoms with van der Waals surface area (Å²) in [5.41, 5.74) is 0. The number of rotatable bonds is 1. The molecule has 1 aromatic rings. The second-order valence-electron chi connectivity index (χ2n) is 2.82. The van der Waals surface area contributed by atoms with Crippen LogP contribution in [0.4, 0.5) is 6.01 Å². The molecule has 0 atom stereocenters. The van der Waals surface area contributed by atoms with Crippen molar-refractivity contribution in [1.29, 1.82) is 0 Å². The van der Waals surface area contributed by atoms with E-state index in [0.717, 1.165) is 13.1 Å². The molecule has 2 rings (SSSR count). The molecule has 4 heteroatoms. The lowest BCUT2D eigenvalue weighted by Gasteiger charge is -2.08. The van der Waals surface area contributed by atoms with Crippen molar-refractivity contribution in [3.05, 3.63) is 5.82 Å². The van der Waals surface area contributed by atoms with E-state index in [0.29, 0.717) is 11.8 Å². The van der Waals surface area contributed by atoms with Gasteiger partial charge in [-0.15, -0.1) is 0 Å². The van der Waals surface area contributed by atoms with Gasteiger partial charge >= 0.3 is 6.01 Å². The van der Waals surface area contributed by atoms with Crippen LogP contribution < -0.4 is 4.90 Å². The molecule has 0 spiro atoms. The van der Waals surface area contributed by atoms with Gasteiger partial charge in [0.15, 0.2) is 5.82 Å². The fourth-order valence-electron chi connectivity index (χ4n) is 1.32. The van der Waals surface area contributed by atoms with E-state index in [2.05, 4.69) is 15.0 Å². The van der Waals surface area contributed by atoms with E-state index in [1.807, 2.05) is 20.8 Å². The van der Waals surface area contributed by atoms with E-state index < -0.39 is 0 Å². The molecule has 1 saturated heterocycles. The van der Waals surface area contributed by atoms with Gasteiger partial charge in [0.2, 0.25) is 0 Å². The lowest BCUT2D eigenvalue weighted by Crippen LogP contribution is -2.17. The molecule has 0 radical (unpaired) electrons. The van der Waals surface area contributed by atoms with Gasteiger partial charge in [-0.05, 0) is 19.8 Å². The molecule has 2 heterocycles. The van der Waals surface area contributed by atoms with Gasteiger partial charge in [-0.1, -0.05) is 19.0 Å². The summed E-state index contributed by atoms with van der Waals surface area (Å²) in [6, 6.07) is 0.681. The highest BCUT2D eigenvalue weighted by atomic mass is 16.5. The zero-order chi connectivity index (χ0) is 9.68. The molecule has 0 N–H and O–H groups in total. The lowest BCUT2D eigenvalue weighted by molar-refractivity contribution is 0.413. The summed E-state index contributed by atoms with van der Waals surface area (Å²) < 4.78 is 5.01. The first-order chi connectivity index (χ1) is 6.36. The van der Waals surface area contributed by atoms with Crippen molar-refractivity contribution >= 4 is 6.01 Å². The summed E-state index contributed by atoms with van der Waals surface area (Å²) in [5.74, 6) is 0.715. The first kappa shape index (κ1) is 10.0. The second-order valence-corrected chi connectivity index (χ2v) is 2.82. The van der Waals surface area contributed by atoms with Crippen molar-refractivity contribution < 1.29 is 4.52 Å². The molecule has 74 valence electrons. The minimum Gasteiger partial charge on any atom is -0.324 e. The van der Waals surface area contributed by atoms with Crippen LogP contribution in [0.3, 0.4) is 0 Å². The molecule has 0 aromatic carbocycles. The smallest absolute Gasteiger partial charge is 0.324 e. The maximum atomic E-state index is 5.01. The van der Waals surface area contributed by atoms with Crippen molar-refractivity contribution in [1.82, 2.24) is 10.1 Å². The zero-order valence-electron chi connectivity index (χ0n) is 8.58. The maximum absolute atomic E-state index is 5.01. The monoisotopic (exact) mass is 183 g/mol. The molecule has 1 aliphatic rings. The van der Waals surface area contributed by atoms with E-state index in [-0.39, 0.29) is 0 Å². The summed E-state index contributed by atoms with van der Waals surface area (Å²) in [4.78, 5) is 6.27. The highest BCUT2D eigenvalue weighted by Gasteiger charge is 2.16. The van der Waals surface area contributed by atoms with E-state index in [9.17, 15) is 0 Å². The average molecular weight is 183 g/mol. The van der Waals surface area contributed by atoms with Crippen molar-refractivity contribution in [2.75, 3.05) is 18.0 Å². The number of hydrogen-bond donors (Lipinski definition) is 0. The standard InChI is InChI=1S/C7H11N3O.C2H6/c1-6-8-7(11-9-6)10-4-2-3-5-10;1-2/h2-5H2,1H3;1-2H3. The van der Waals surface area contributed by atoms with Crippen molar-refractivity contribution in [3.8, 4) is 0 Å². The van der Waals surface area contributed by atoms with E-state index >= 15 is 0 Å². The van der Waals surface area contributed by atoms with Gasteiger partial charge < -0.3 is 9.42 Å². The molecular formula is C9H17N3O. The first-order valence-corrected chi connectivity index (χ1v) is 4.91. The van der Waals surface area contributed by atoms with Crippen LogP contribution in [0.5, 0.6) is 0 Å². The van der Waals surface area contributed by atoms with Gasteiger partial charge in [0.25, 0.3) is 0 Å². The number of anilines is 1. The van der Waals surface area contributed by atoms with Crippen LogP contribution in [-0.4, -0.2) is 23.2 Å². The highest BCUT2D eigenvalue weighted by Crippen LogP contribution is 2.16. The Hall–Kier alpha value is -1.06. The summed E-state index contributed by atoms with van der Waals surface area (Å²) in [6.07, 6.45) is 2.48. The minimum atomic E-state index is 0.681. The van der Waals surface area contributed by atoms with Gasteiger partial charge in [0, 0.05) is 13.1 Å². The molecule has 4 nitrogen and oxygen atoms in total. The Morgan fingerprint density at radius 2 is 1.85 bits per heavy atom. The van der Waals surface area contributed by atoms with E-state index in [1.54, 1.807) is 0 Å². The van der Waals surface area contributed by atoms with Gasteiger partial charge in [-0.25, -0.2) is 0 Å². The molecule has 0 aliphatic carbocycles. The summed E-state index contributed by atoms with van der Waals surface area (Å²) in [6.45, 7) is 7.95. The van der Waals surface area contributed by atoms with Crippen LogP contribution in [0, 0.1) is 6.92 Å². The molecule has 0 unspecified atom stereocenters. The highest BCUT2D eigenvalue weighted by molar-refractivity contribution is 5.25. The number of hydrogen-bond acceptors (Lipinski definition) is 4. The SMILES string of the molecule is CC.Cc1noc(N2CCCC2)n1. The van der Waals surface area contributed by atoms with Crippen LogP contribution in [0.2, 0.25) is 0 Å². The van der Waals surface area contributed by atoms with Gasteiger partial charge in [0.05, 0.1) is 0 Å². The quantitative estimate of drug-likeness (QED) is 0.668. The van der Waals surface area contributed by atoms with Crippen LogP contribution >= 0.6 is 0 Å². The van der Waals surface area contributed by atoms with Crippen LogP contribution in [0.25, 0.3) is 0 Å². The van der Waals surface area contributed by atoms with Crippen molar-refractivity contribution in [3.63, 3.8) is 0 Å². The molecule has 0 saturated carbocycles. The van der Waals surface area contributed by atoms with Crippen molar-refractivity contribution in [2.45, 2.75) is 33.6 Å². The number of nitrogens with zero attached hydrogens (tertiary/aromatic N) is 3. The Balaban J connectivity index is 0.000000396. The molecule has 0 bridgehead atoms. The lowest BCUT2D eigenvalue weighted by atomic mass is 10.4. The van der Waals surface area contributed by atoms with E-state index in [1.165, 1.54) is 12.8 Å². The third-order valence-electron chi connectivity index (χ3n) is 1.89. The Morgan fingerprint density at radius 1 is 1.23 bits per heavy atom. The topological polar surface area (TPSA) is 42.2 Å². The molecule has 1 aliphatic heterocycles. The van der Waals surface area contributed by atoms with Gasteiger partial charge in [0.1, 0.15) is 0 Å². The van der Waals surface area contributed by atoms with Gasteiger partial charge in [-0.2, -0.15) is 4.98 Å². The van der Waals surface area contributed by atoms with E-state index in [4.69, 9.17) is 4.52 Å². The summed E-state index contributed by atoms with van der Waals surface area (Å²) in [7, 11) is 0. The van der Waals surface area contributed by atoms with Crippen LogP contribution in [0.1, 0.15) is 32.5 Å². The Bertz CT molecular complexity index is 241. The third-order valence-corrected chi connectivity index (χ3v) is 1.89. The Morgan fingerprint density at radius 3 is 2.31 bits per heavy atom. The average Bonchev–Trinajstić information content (AvgIpc) is 2.77. The molecular weight excluding hydrogens is 166 g/mol. The Kier molecular flexibility index (Phi) is 3.73.